The maximum atomic E-state index is 14.3. The van der Waals surface area contributed by atoms with Gasteiger partial charge in [-0.3, -0.25) is 9.36 Å². The molecule has 0 atom stereocenters. The van der Waals surface area contributed by atoms with Crippen molar-refractivity contribution in [3.8, 4) is 51.4 Å². The minimum atomic E-state index is -0.758. The van der Waals surface area contributed by atoms with Crippen molar-refractivity contribution in [2.75, 3.05) is 48.4 Å². The maximum absolute atomic E-state index is 14.3. The third-order valence-electron chi connectivity index (χ3n) is 7.29. The second-order valence-corrected chi connectivity index (χ2v) is 9.92. The van der Waals surface area contributed by atoms with E-state index in [9.17, 15) is 9.59 Å². The van der Waals surface area contributed by atoms with Crippen LogP contribution in [-0.4, -0.2) is 58.2 Å². The number of esters is 1. The van der Waals surface area contributed by atoms with E-state index in [1.807, 2.05) is 12.1 Å². The first-order valence-electron chi connectivity index (χ1n) is 14.0. The highest BCUT2D eigenvalue weighted by atomic mass is 16.5. The number of pyridine rings is 2. The van der Waals surface area contributed by atoms with E-state index >= 15 is 0 Å². The molecule has 0 radical (unpaired) electrons. The van der Waals surface area contributed by atoms with Crippen LogP contribution in [0.15, 0.2) is 71.5 Å². The lowest BCUT2D eigenvalue weighted by Gasteiger charge is -2.20. The Hall–Kier alpha value is -5.91. The van der Waals surface area contributed by atoms with Crippen LogP contribution in [0.5, 0.6) is 34.6 Å². The Kier molecular flexibility index (Phi) is 9.17. The third kappa shape index (κ3) is 5.92. The fraction of sp³-hybridized carbons (Fsp3) is 0.206. The average Bonchev–Trinajstić information content (AvgIpc) is 3.09. The Balaban J connectivity index is 1.79. The fourth-order valence-corrected chi connectivity index (χ4v) is 5.12. The third-order valence-corrected chi connectivity index (χ3v) is 7.29. The average molecular weight is 628 g/mol. The fourth-order valence-electron chi connectivity index (χ4n) is 5.12. The van der Waals surface area contributed by atoms with Crippen LogP contribution in [0.25, 0.3) is 27.7 Å². The number of nitrogen functional groups attached to an aromatic ring is 1. The largest absolute Gasteiger partial charge is 0.497 e. The number of nitrogens with zero attached hydrogens (tertiary/aromatic N) is 2. The van der Waals surface area contributed by atoms with Gasteiger partial charge in [-0.05, 0) is 65.7 Å². The molecule has 0 amide bonds. The van der Waals surface area contributed by atoms with Gasteiger partial charge in [0, 0.05) is 34.5 Å². The van der Waals surface area contributed by atoms with Gasteiger partial charge in [0.2, 0.25) is 11.6 Å². The molecule has 5 aromatic rings. The van der Waals surface area contributed by atoms with Crippen molar-refractivity contribution in [2.45, 2.75) is 6.61 Å². The molecule has 0 aliphatic rings. The first kappa shape index (κ1) is 31.5. The molecule has 46 heavy (non-hydrogen) atoms. The highest BCUT2D eigenvalue weighted by Gasteiger charge is 2.28. The lowest BCUT2D eigenvalue weighted by atomic mass is 9.97. The molecule has 0 aliphatic heterocycles. The van der Waals surface area contributed by atoms with Gasteiger partial charge in [0.25, 0.3) is 5.56 Å². The standard InChI is InChI=1S/C34H33N3O9/c1-40-23-13-19(14-24(17-23)41-2)18-46-28-12-11-25-29(20-15-26(42-3)32(44-5)27(16-20)43-4)31(34(39)45-6)37(33(38)30(25)36-28)22-9-7-21(35)8-10-22/h7-17H,18,35H2,1-6H3. The van der Waals surface area contributed by atoms with Gasteiger partial charge in [-0.2, -0.15) is 0 Å². The van der Waals surface area contributed by atoms with Crippen LogP contribution in [0.3, 0.4) is 0 Å². The van der Waals surface area contributed by atoms with Gasteiger partial charge in [0.1, 0.15) is 29.3 Å². The molecule has 2 heterocycles. The first-order valence-corrected chi connectivity index (χ1v) is 14.0. The molecular formula is C34H33N3O9. The van der Waals surface area contributed by atoms with Crippen LogP contribution in [0.1, 0.15) is 16.1 Å². The molecule has 0 saturated carbocycles. The maximum Gasteiger partial charge on any atom is 0.355 e. The number of benzene rings is 3. The van der Waals surface area contributed by atoms with Gasteiger partial charge in [-0.15, -0.1) is 0 Å². The second kappa shape index (κ2) is 13.4. The summed E-state index contributed by atoms with van der Waals surface area (Å²) in [5.74, 6) is 1.65. The molecule has 2 N–H and O–H groups in total. The van der Waals surface area contributed by atoms with Crippen molar-refractivity contribution in [1.29, 1.82) is 0 Å². The number of hydrogen-bond acceptors (Lipinski definition) is 11. The molecule has 0 saturated heterocycles. The number of ether oxygens (including phenoxy) is 7. The Morgan fingerprint density at radius 3 is 1.96 bits per heavy atom. The minimum Gasteiger partial charge on any atom is -0.497 e. The summed E-state index contributed by atoms with van der Waals surface area (Å²) < 4.78 is 39.9. The quantitative estimate of drug-likeness (QED) is 0.155. The normalized spacial score (nSPS) is 10.7. The van der Waals surface area contributed by atoms with Crippen LogP contribution in [0.2, 0.25) is 0 Å². The van der Waals surface area contributed by atoms with Crippen molar-refractivity contribution in [3.63, 3.8) is 0 Å². The topological polar surface area (TPSA) is 143 Å². The molecule has 2 aromatic heterocycles. The molecule has 5 rings (SSSR count). The van der Waals surface area contributed by atoms with E-state index < -0.39 is 11.5 Å². The zero-order chi connectivity index (χ0) is 33.0. The summed E-state index contributed by atoms with van der Waals surface area (Å²) in [4.78, 5) is 32.5. The first-order chi connectivity index (χ1) is 22.3. The number of carbonyl (C=O) groups is 1. The highest BCUT2D eigenvalue weighted by Crippen LogP contribution is 2.43. The van der Waals surface area contributed by atoms with Gasteiger partial charge in [-0.25, -0.2) is 9.78 Å². The molecule has 12 heteroatoms. The Morgan fingerprint density at radius 1 is 0.783 bits per heavy atom. The van der Waals surface area contributed by atoms with E-state index in [2.05, 4.69) is 4.98 Å². The molecule has 0 bridgehead atoms. The van der Waals surface area contributed by atoms with E-state index in [-0.39, 0.29) is 23.7 Å². The number of carbonyl (C=O) groups excluding carboxylic acids is 1. The van der Waals surface area contributed by atoms with Crippen molar-refractivity contribution in [3.05, 3.63) is 88.3 Å². The van der Waals surface area contributed by atoms with Gasteiger partial charge in [-0.1, -0.05) is 0 Å². The lowest BCUT2D eigenvalue weighted by Crippen LogP contribution is -2.27. The van der Waals surface area contributed by atoms with Crippen LogP contribution in [0.4, 0.5) is 5.69 Å². The number of aromatic nitrogens is 2. The van der Waals surface area contributed by atoms with Crippen molar-refractivity contribution >= 4 is 22.6 Å². The lowest BCUT2D eigenvalue weighted by molar-refractivity contribution is 0.0591. The summed E-state index contributed by atoms with van der Waals surface area (Å²) in [7, 11) is 8.82. The molecule has 3 aromatic carbocycles. The van der Waals surface area contributed by atoms with E-state index in [0.29, 0.717) is 56.6 Å². The van der Waals surface area contributed by atoms with E-state index in [1.54, 1.807) is 68.8 Å². The Bertz CT molecular complexity index is 1920. The Morgan fingerprint density at radius 2 is 1.41 bits per heavy atom. The zero-order valence-electron chi connectivity index (χ0n) is 26.2. The smallest absolute Gasteiger partial charge is 0.355 e. The van der Waals surface area contributed by atoms with Crippen LogP contribution >= 0.6 is 0 Å². The van der Waals surface area contributed by atoms with E-state index in [1.165, 1.54) is 33.0 Å². The number of methoxy groups -OCH3 is 6. The summed E-state index contributed by atoms with van der Waals surface area (Å²) in [6, 6.07) is 18.5. The summed E-state index contributed by atoms with van der Waals surface area (Å²) >= 11 is 0. The zero-order valence-corrected chi connectivity index (χ0v) is 26.2. The monoisotopic (exact) mass is 627 g/mol. The predicted molar refractivity (Wildman–Crippen MR) is 172 cm³/mol. The number of hydrogen-bond donors (Lipinski definition) is 1. The molecule has 0 spiro atoms. The molecule has 238 valence electrons. The van der Waals surface area contributed by atoms with Crippen molar-refractivity contribution < 1.29 is 38.0 Å². The molecule has 0 fully saturated rings. The Labute approximate surface area is 264 Å². The second-order valence-electron chi connectivity index (χ2n) is 9.92. The van der Waals surface area contributed by atoms with Crippen LogP contribution in [0, 0.1) is 0 Å². The summed E-state index contributed by atoms with van der Waals surface area (Å²) in [5.41, 5.74) is 7.78. The highest BCUT2D eigenvalue weighted by molar-refractivity contribution is 6.06. The number of anilines is 1. The molecule has 12 nitrogen and oxygen atoms in total. The molecule has 0 unspecified atom stereocenters. The number of rotatable bonds is 11. The van der Waals surface area contributed by atoms with Crippen LogP contribution in [-0.2, 0) is 11.3 Å². The number of nitrogens with two attached hydrogens (primary N) is 1. The van der Waals surface area contributed by atoms with E-state index in [0.717, 1.165) is 5.56 Å². The van der Waals surface area contributed by atoms with Gasteiger partial charge < -0.3 is 38.9 Å². The molecule has 0 aliphatic carbocycles. The molecular weight excluding hydrogens is 594 g/mol. The van der Waals surface area contributed by atoms with Gasteiger partial charge in [0.15, 0.2) is 11.5 Å². The summed E-state index contributed by atoms with van der Waals surface area (Å²) in [6.07, 6.45) is 0. The van der Waals surface area contributed by atoms with Gasteiger partial charge >= 0.3 is 5.97 Å². The summed E-state index contributed by atoms with van der Waals surface area (Å²) in [6.45, 7) is 0.109. The summed E-state index contributed by atoms with van der Waals surface area (Å²) in [5, 5.41) is 0.363. The van der Waals surface area contributed by atoms with Crippen molar-refractivity contribution in [1.82, 2.24) is 9.55 Å². The van der Waals surface area contributed by atoms with Crippen molar-refractivity contribution in [2.24, 2.45) is 0 Å². The van der Waals surface area contributed by atoms with E-state index in [4.69, 9.17) is 38.9 Å². The SMILES string of the molecule is COC(=O)c1c(-c2cc(OC)c(OC)c(OC)c2)c2ccc(OCc3cc(OC)cc(OC)c3)nc2c(=O)n1-c1ccc(N)cc1. The predicted octanol–water partition coefficient (Wildman–Crippen LogP) is 5.04. The van der Waals surface area contributed by atoms with Crippen LogP contribution < -0.4 is 39.7 Å². The van der Waals surface area contributed by atoms with Gasteiger partial charge in [0.05, 0.1) is 42.7 Å². The minimum absolute atomic E-state index is 0.0361. The number of fused-ring (bicyclic) bond motifs is 1.